The van der Waals surface area contributed by atoms with Gasteiger partial charge in [0.15, 0.2) is 0 Å². The van der Waals surface area contributed by atoms with E-state index in [9.17, 15) is 4.39 Å². The van der Waals surface area contributed by atoms with Gasteiger partial charge in [-0.1, -0.05) is 42.5 Å². The average Bonchev–Trinajstić information content (AvgIpc) is 3.34. The Kier molecular flexibility index (Phi) is 4.21. The van der Waals surface area contributed by atoms with Gasteiger partial charge in [0.25, 0.3) is 0 Å². The fourth-order valence-corrected chi connectivity index (χ4v) is 4.28. The predicted molar refractivity (Wildman–Crippen MR) is 111 cm³/mol. The van der Waals surface area contributed by atoms with Crippen LogP contribution in [0, 0.1) is 12.7 Å². The Morgan fingerprint density at radius 1 is 1.07 bits per heavy atom. The molecule has 3 nitrogen and oxygen atoms in total. The molecule has 0 saturated heterocycles. The van der Waals surface area contributed by atoms with Gasteiger partial charge in [-0.2, -0.15) is 0 Å². The van der Waals surface area contributed by atoms with Crippen molar-refractivity contribution in [3.63, 3.8) is 0 Å². The summed E-state index contributed by atoms with van der Waals surface area (Å²) in [4.78, 5) is 7.45. The summed E-state index contributed by atoms with van der Waals surface area (Å²) in [6.45, 7) is 2.59. The summed E-state index contributed by atoms with van der Waals surface area (Å²) in [5.41, 5.74) is 8.46. The zero-order chi connectivity index (χ0) is 19.1. The summed E-state index contributed by atoms with van der Waals surface area (Å²) in [5.74, 6) is -0.162. The van der Waals surface area contributed by atoms with Gasteiger partial charge in [0, 0.05) is 18.2 Å². The van der Waals surface area contributed by atoms with Gasteiger partial charge in [0.05, 0.1) is 17.4 Å². The van der Waals surface area contributed by atoms with Gasteiger partial charge in [0.2, 0.25) is 0 Å². The number of benzene rings is 3. The number of aromatic nitrogens is 2. The number of aryl methyl sites for hydroxylation is 1. The number of fused-ring (bicyclic) bond motifs is 2. The van der Waals surface area contributed by atoms with Crippen molar-refractivity contribution >= 4 is 11.0 Å². The first kappa shape index (κ1) is 17.1. The first-order chi connectivity index (χ1) is 13.7. The van der Waals surface area contributed by atoms with E-state index in [2.05, 4.69) is 39.6 Å². The van der Waals surface area contributed by atoms with E-state index in [4.69, 9.17) is 0 Å². The van der Waals surface area contributed by atoms with Crippen LogP contribution < -0.4 is 5.32 Å². The lowest BCUT2D eigenvalue weighted by Gasteiger charge is -2.14. The van der Waals surface area contributed by atoms with Crippen LogP contribution in [-0.2, 0) is 19.4 Å². The molecule has 4 heteroatoms. The highest BCUT2D eigenvalue weighted by Gasteiger charge is 2.20. The summed E-state index contributed by atoms with van der Waals surface area (Å²) in [7, 11) is 0. The number of nitrogens with zero attached hydrogens (tertiary/aromatic N) is 1. The van der Waals surface area contributed by atoms with Gasteiger partial charge < -0.3 is 10.3 Å². The number of rotatable bonds is 4. The maximum Gasteiger partial charge on any atom is 0.128 e. The van der Waals surface area contributed by atoms with E-state index >= 15 is 0 Å². The first-order valence-electron chi connectivity index (χ1n) is 9.70. The van der Waals surface area contributed by atoms with Crippen LogP contribution in [0.5, 0.6) is 0 Å². The molecule has 3 aromatic carbocycles. The molecular weight excluding hydrogens is 349 g/mol. The lowest BCUT2D eigenvalue weighted by molar-refractivity contribution is 0.516. The summed E-state index contributed by atoms with van der Waals surface area (Å²) >= 11 is 0. The Morgan fingerprint density at radius 3 is 2.61 bits per heavy atom. The average molecular weight is 371 g/mol. The van der Waals surface area contributed by atoms with Crippen molar-refractivity contribution in [2.75, 3.05) is 0 Å². The number of hydrogen-bond donors (Lipinski definition) is 2. The van der Waals surface area contributed by atoms with Crippen molar-refractivity contribution in [3.05, 3.63) is 89.0 Å². The van der Waals surface area contributed by atoms with Crippen molar-refractivity contribution in [1.29, 1.82) is 0 Å². The molecule has 0 bridgehead atoms. The minimum absolute atomic E-state index is 0.162. The Morgan fingerprint density at radius 2 is 1.86 bits per heavy atom. The Hall–Kier alpha value is -2.98. The number of hydrogen-bond acceptors (Lipinski definition) is 2. The number of nitrogens with one attached hydrogen (secondary N) is 2. The fourth-order valence-electron chi connectivity index (χ4n) is 4.28. The highest BCUT2D eigenvalue weighted by Crippen LogP contribution is 2.29. The van der Waals surface area contributed by atoms with Crippen LogP contribution in [0.25, 0.3) is 22.2 Å². The number of H-pyrrole nitrogens is 1. The molecule has 4 aromatic rings. The molecular formula is C24H22FN3. The molecule has 0 saturated carbocycles. The zero-order valence-electron chi connectivity index (χ0n) is 15.8. The van der Waals surface area contributed by atoms with Gasteiger partial charge in [0.1, 0.15) is 5.82 Å². The molecule has 1 aliphatic rings. The van der Waals surface area contributed by atoms with Gasteiger partial charge in [-0.05, 0) is 59.7 Å². The fraction of sp³-hybridized carbons (Fsp3) is 0.208. The van der Waals surface area contributed by atoms with Crippen LogP contribution >= 0.6 is 0 Å². The second-order valence-corrected chi connectivity index (χ2v) is 7.60. The Balaban J connectivity index is 1.33. The lowest BCUT2D eigenvalue weighted by Crippen LogP contribution is -2.29. The topological polar surface area (TPSA) is 40.7 Å². The molecule has 1 aromatic heterocycles. The van der Waals surface area contributed by atoms with Crippen LogP contribution in [-0.4, -0.2) is 16.0 Å². The van der Waals surface area contributed by atoms with Crippen molar-refractivity contribution in [3.8, 4) is 11.1 Å². The molecule has 2 N–H and O–H groups in total. The van der Waals surface area contributed by atoms with Crippen molar-refractivity contribution in [2.24, 2.45) is 0 Å². The number of aromatic amines is 1. The lowest BCUT2D eigenvalue weighted by atomic mass is 9.98. The molecule has 0 radical (unpaired) electrons. The molecule has 0 aliphatic heterocycles. The molecule has 0 amide bonds. The van der Waals surface area contributed by atoms with Gasteiger partial charge in [-0.25, -0.2) is 9.37 Å². The second-order valence-electron chi connectivity index (χ2n) is 7.60. The van der Waals surface area contributed by atoms with Crippen molar-refractivity contribution < 1.29 is 4.39 Å². The standard InChI is InChI=1S/C24H22FN3/c1-15-21(8-9-23-24(15)28-14-27-23)18-6-7-19(22(25)12-18)13-26-20-10-16-4-2-3-5-17(16)11-20/h2-9,12,14,20,26H,10-11,13H2,1H3,(H,27,28). The molecule has 0 unspecified atom stereocenters. The third kappa shape index (κ3) is 3.00. The number of imidazole rings is 1. The molecule has 5 rings (SSSR count). The SMILES string of the molecule is Cc1c(-c2ccc(CNC3Cc4ccccc4C3)c(F)c2)ccc2nc[nH]c12. The van der Waals surface area contributed by atoms with Crippen LogP contribution in [0.15, 0.2) is 60.9 Å². The maximum absolute atomic E-state index is 14.8. The smallest absolute Gasteiger partial charge is 0.128 e. The quantitative estimate of drug-likeness (QED) is 0.534. The van der Waals surface area contributed by atoms with E-state index in [-0.39, 0.29) is 5.82 Å². The van der Waals surface area contributed by atoms with Crippen LogP contribution in [0.2, 0.25) is 0 Å². The van der Waals surface area contributed by atoms with Gasteiger partial charge >= 0.3 is 0 Å². The van der Waals surface area contributed by atoms with E-state index in [1.54, 1.807) is 12.4 Å². The third-order valence-corrected chi connectivity index (χ3v) is 5.85. The van der Waals surface area contributed by atoms with Crippen molar-refractivity contribution in [1.82, 2.24) is 15.3 Å². The van der Waals surface area contributed by atoms with Crippen LogP contribution in [0.3, 0.4) is 0 Å². The van der Waals surface area contributed by atoms with E-state index in [0.717, 1.165) is 40.6 Å². The van der Waals surface area contributed by atoms with Gasteiger partial charge in [-0.3, -0.25) is 0 Å². The monoisotopic (exact) mass is 371 g/mol. The van der Waals surface area contributed by atoms with E-state index in [0.29, 0.717) is 18.2 Å². The Labute approximate surface area is 163 Å². The van der Waals surface area contributed by atoms with Crippen LogP contribution in [0.1, 0.15) is 22.3 Å². The van der Waals surface area contributed by atoms with E-state index in [1.807, 2.05) is 31.2 Å². The summed E-state index contributed by atoms with van der Waals surface area (Å²) in [6.07, 6.45) is 3.72. The van der Waals surface area contributed by atoms with Crippen LogP contribution in [0.4, 0.5) is 4.39 Å². The largest absolute Gasteiger partial charge is 0.344 e. The van der Waals surface area contributed by atoms with E-state index < -0.39 is 0 Å². The third-order valence-electron chi connectivity index (χ3n) is 5.85. The molecule has 1 aliphatic carbocycles. The highest BCUT2D eigenvalue weighted by molar-refractivity contribution is 5.86. The minimum Gasteiger partial charge on any atom is -0.344 e. The molecule has 0 atom stereocenters. The first-order valence-corrected chi connectivity index (χ1v) is 9.70. The summed E-state index contributed by atoms with van der Waals surface area (Å²) < 4.78 is 14.8. The van der Waals surface area contributed by atoms with E-state index in [1.165, 1.54) is 11.1 Å². The highest BCUT2D eigenvalue weighted by atomic mass is 19.1. The molecule has 28 heavy (non-hydrogen) atoms. The summed E-state index contributed by atoms with van der Waals surface area (Å²) in [5, 5.41) is 3.52. The normalized spacial score (nSPS) is 13.9. The maximum atomic E-state index is 14.8. The zero-order valence-corrected chi connectivity index (χ0v) is 15.8. The van der Waals surface area contributed by atoms with Crippen molar-refractivity contribution in [2.45, 2.75) is 32.4 Å². The molecule has 0 spiro atoms. The van der Waals surface area contributed by atoms with Gasteiger partial charge in [-0.15, -0.1) is 0 Å². The second kappa shape index (κ2) is 6.88. The Bertz CT molecular complexity index is 1140. The molecule has 1 heterocycles. The minimum atomic E-state index is -0.162. The molecule has 0 fully saturated rings. The number of halogens is 1. The predicted octanol–water partition coefficient (Wildman–Crippen LogP) is 4.93. The molecule has 140 valence electrons. The summed E-state index contributed by atoms with van der Waals surface area (Å²) in [6, 6.07) is 18.5.